The van der Waals surface area contributed by atoms with Crippen LogP contribution in [0.5, 0.6) is 5.75 Å². The lowest BCUT2D eigenvalue weighted by atomic mass is 9.87. The van der Waals surface area contributed by atoms with E-state index in [4.69, 9.17) is 19.2 Å². The molecule has 11 heteroatoms. The number of likely N-dealkylation sites (tertiary alicyclic amines) is 1. The maximum atomic E-state index is 14.6. The number of hydrogen-bond donors (Lipinski definition) is 2. The monoisotopic (exact) mass is 704 g/mol. The zero-order valence-corrected chi connectivity index (χ0v) is 31.3. The molecule has 1 unspecified atom stereocenters. The molecule has 0 radical (unpaired) electrons. The van der Waals surface area contributed by atoms with Crippen molar-refractivity contribution in [3.05, 3.63) is 60.3 Å². The maximum absolute atomic E-state index is 14.6. The van der Waals surface area contributed by atoms with Gasteiger partial charge < -0.3 is 29.7 Å². The molecule has 1 fully saturated rings. The first-order chi connectivity index (χ1) is 24.2. The molecule has 1 saturated heterocycles. The van der Waals surface area contributed by atoms with E-state index in [0.717, 1.165) is 47.0 Å². The molecule has 4 rings (SSSR count). The average Bonchev–Trinajstić information content (AvgIpc) is 3.44. The second-order valence-electron chi connectivity index (χ2n) is 14.8. The van der Waals surface area contributed by atoms with Gasteiger partial charge in [-0.15, -0.1) is 13.2 Å². The van der Waals surface area contributed by atoms with Crippen molar-refractivity contribution in [1.82, 2.24) is 20.5 Å². The number of nitrogens with zero attached hydrogens (tertiary/aromatic N) is 2. The van der Waals surface area contributed by atoms with Crippen molar-refractivity contribution >= 4 is 34.8 Å². The molecule has 1 aromatic carbocycles. The smallest absolute Gasteiger partial charge is 0.408 e. The van der Waals surface area contributed by atoms with Gasteiger partial charge >= 0.3 is 12.1 Å². The van der Waals surface area contributed by atoms with Crippen LogP contribution >= 0.6 is 0 Å². The van der Waals surface area contributed by atoms with Crippen molar-refractivity contribution in [3.63, 3.8) is 0 Å². The minimum atomic E-state index is -0.973. The highest BCUT2D eigenvalue weighted by Crippen LogP contribution is 2.44. The standard InChI is InChI=1S/C40H56N4O7/c1-9-12-14-15-16-18-31(43-38(48)51-39(6,7)8)36(46)44-25-40(24-33(44)35(45)42-32(17-13-10-2)37(47)49-11-3)22-21-28-29-23-26(4)19-20-30(29)41-27(5)34(28)50-40/h9-10,19-20,23,31-33H,1-2,11-18,21-22,24-25H2,3-8H3,(H,42,45)(H,43,48)/t31-,32?,33-,40+/m0/s1. The molecular weight excluding hydrogens is 648 g/mol. The first-order valence-electron chi connectivity index (χ1n) is 18.3. The minimum absolute atomic E-state index is 0.119. The highest BCUT2D eigenvalue weighted by Gasteiger charge is 2.53. The Bertz CT molecular complexity index is 1620. The molecule has 1 aromatic heterocycles. The van der Waals surface area contributed by atoms with Crippen molar-refractivity contribution < 1.29 is 33.4 Å². The van der Waals surface area contributed by atoms with Crippen molar-refractivity contribution in [1.29, 1.82) is 0 Å². The van der Waals surface area contributed by atoms with Crippen molar-refractivity contribution in [2.75, 3.05) is 13.2 Å². The second-order valence-corrected chi connectivity index (χ2v) is 14.8. The molecule has 3 heterocycles. The lowest BCUT2D eigenvalue weighted by Gasteiger charge is -2.37. The first-order valence-corrected chi connectivity index (χ1v) is 18.3. The number of fused-ring (bicyclic) bond motifs is 3. The fourth-order valence-electron chi connectivity index (χ4n) is 7.00. The molecule has 2 aliphatic heterocycles. The van der Waals surface area contributed by atoms with E-state index in [0.29, 0.717) is 44.3 Å². The van der Waals surface area contributed by atoms with Crippen LogP contribution in [0.25, 0.3) is 10.9 Å². The molecule has 1 spiro atoms. The number of carbonyl (C=O) groups is 4. The number of ether oxygens (including phenoxy) is 3. The van der Waals surface area contributed by atoms with Gasteiger partial charge in [0.05, 0.1) is 24.4 Å². The van der Waals surface area contributed by atoms with Crippen LogP contribution in [0.1, 0.15) is 102 Å². The van der Waals surface area contributed by atoms with Crippen LogP contribution in [0.4, 0.5) is 4.79 Å². The van der Waals surface area contributed by atoms with Gasteiger partial charge in [0.25, 0.3) is 0 Å². The average molecular weight is 705 g/mol. The molecule has 0 saturated carbocycles. The SMILES string of the molecule is C=CCCCCC[C@H](NC(=O)OC(C)(C)C)C(=O)N1C[C@@]2(CCc3c(c(C)nc4ccc(C)cc34)O2)C[C@H]1C(=O)NC(CCC=C)C(=O)OCC. The Morgan fingerprint density at radius 3 is 2.49 bits per heavy atom. The summed E-state index contributed by atoms with van der Waals surface area (Å²) in [6.07, 6.45) is 8.66. The molecular formula is C40H56N4O7. The van der Waals surface area contributed by atoms with E-state index in [-0.39, 0.29) is 19.6 Å². The highest BCUT2D eigenvalue weighted by molar-refractivity contribution is 5.94. The summed E-state index contributed by atoms with van der Waals surface area (Å²) < 4.78 is 17.7. The van der Waals surface area contributed by atoms with Crippen LogP contribution in [0, 0.1) is 13.8 Å². The maximum Gasteiger partial charge on any atom is 0.408 e. The van der Waals surface area contributed by atoms with Crippen LogP contribution < -0.4 is 15.4 Å². The second kappa shape index (κ2) is 17.2. The van der Waals surface area contributed by atoms with Crippen LogP contribution in [0.15, 0.2) is 43.5 Å². The third-order valence-electron chi connectivity index (χ3n) is 9.44. The zero-order valence-electron chi connectivity index (χ0n) is 31.3. The normalized spacial score (nSPS) is 19.4. The number of allylic oxidation sites excluding steroid dienone is 2. The Kier molecular flexibility index (Phi) is 13.3. The van der Waals surface area contributed by atoms with E-state index in [9.17, 15) is 19.2 Å². The summed E-state index contributed by atoms with van der Waals surface area (Å²) in [6, 6.07) is 3.33. The Hall–Kier alpha value is -4.41. The summed E-state index contributed by atoms with van der Waals surface area (Å²) in [5.74, 6) is -0.760. The van der Waals surface area contributed by atoms with Gasteiger partial charge in [0.1, 0.15) is 35.1 Å². The lowest BCUT2D eigenvalue weighted by molar-refractivity contribution is -0.148. The zero-order chi connectivity index (χ0) is 37.3. The molecule has 278 valence electrons. The van der Waals surface area contributed by atoms with Gasteiger partial charge in [-0.05, 0) is 98.6 Å². The quantitative estimate of drug-likeness (QED) is 0.121. The van der Waals surface area contributed by atoms with E-state index >= 15 is 0 Å². The number of nitrogens with one attached hydrogen (secondary N) is 2. The lowest BCUT2D eigenvalue weighted by Crippen LogP contribution is -2.56. The van der Waals surface area contributed by atoms with E-state index in [1.807, 2.05) is 32.1 Å². The Balaban J connectivity index is 1.69. The molecule has 4 atom stereocenters. The topological polar surface area (TPSA) is 136 Å². The number of hydrogen-bond acceptors (Lipinski definition) is 8. The molecule has 2 aromatic rings. The molecule has 0 aliphatic carbocycles. The van der Waals surface area contributed by atoms with E-state index in [1.165, 1.54) is 4.90 Å². The molecule has 2 aliphatic rings. The largest absolute Gasteiger partial charge is 0.483 e. The number of aromatic nitrogens is 1. The number of pyridine rings is 1. The number of aryl methyl sites for hydroxylation is 3. The number of rotatable bonds is 15. The van der Waals surface area contributed by atoms with E-state index in [1.54, 1.807) is 33.8 Å². The van der Waals surface area contributed by atoms with Gasteiger partial charge in [0.15, 0.2) is 0 Å². The third-order valence-corrected chi connectivity index (χ3v) is 9.44. The van der Waals surface area contributed by atoms with Crippen LogP contribution in [0.2, 0.25) is 0 Å². The number of amides is 3. The van der Waals surface area contributed by atoms with Crippen molar-refractivity contribution in [3.8, 4) is 5.75 Å². The molecule has 0 bridgehead atoms. The molecule has 51 heavy (non-hydrogen) atoms. The number of alkyl carbamates (subject to hydrolysis) is 1. The number of unbranched alkanes of at least 4 members (excludes halogenated alkanes) is 3. The van der Waals surface area contributed by atoms with Crippen LogP contribution in [-0.2, 0) is 30.3 Å². The van der Waals surface area contributed by atoms with E-state index < -0.39 is 53.2 Å². The molecule has 11 nitrogen and oxygen atoms in total. The number of carbonyl (C=O) groups excluding carboxylic acids is 4. The fourth-order valence-corrected chi connectivity index (χ4v) is 7.00. The van der Waals surface area contributed by atoms with Crippen molar-refractivity contribution in [2.45, 2.75) is 135 Å². The summed E-state index contributed by atoms with van der Waals surface area (Å²) in [4.78, 5) is 61.1. The van der Waals surface area contributed by atoms with Crippen LogP contribution in [-0.4, -0.2) is 76.2 Å². The summed E-state index contributed by atoms with van der Waals surface area (Å²) >= 11 is 0. The summed E-state index contributed by atoms with van der Waals surface area (Å²) in [6.45, 7) is 18.8. The van der Waals surface area contributed by atoms with Gasteiger partial charge in [-0.3, -0.25) is 9.59 Å². The van der Waals surface area contributed by atoms with Gasteiger partial charge in [-0.2, -0.15) is 0 Å². The van der Waals surface area contributed by atoms with Gasteiger partial charge in [-0.25, -0.2) is 14.6 Å². The Morgan fingerprint density at radius 2 is 1.80 bits per heavy atom. The van der Waals surface area contributed by atoms with Gasteiger partial charge in [-0.1, -0.05) is 36.6 Å². The van der Waals surface area contributed by atoms with E-state index in [2.05, 4.69) is 29.9 Å². The van der Waals surface area contributed by atoms with Gasteiger partial charge in [0.2, 0.25) is 11.8 Å². The highest BCUT2D eigenvalue weighted by atomic mass is 16.6. The van der Waals surface area contributed by atoms with Gasteiger partial charge in [0, 0.05) is 17.4 Å². The number of esters is 1. The Morgan fingerprint density at radius 1 is 1.06 bits per heavy atom. The van der Waals surface area contributed by atoms with Crippen molar-refractivity contribution in [2.24, 2.45) is 0 Å². The Labute approximate surface area is 302 Å². The summed E-state index contributed by atoms with van der Waals surface area (Å²) in [5.41, 5.74) is 2.15. The fraction of sp³-hybridized carbons (Fsp3) is 0.575. The predicted molar refractivity (Wildman–Crippen MR) is 197 cm³/mol. The minimum Gasteiger partial charge on any atom is -0.483 e. The third kappa shape index (κ3) is 10.1. The predicted octanol–water partition coefficient (Wildman–Crippen LogP) is 6.56. The summed E-state index contributed by atoms with van der Waals surface area (Å²) in [7, 11) is 0. The molecule has 3 amide bonds. The number of benzene rings is 1. The first kappa shape index (κ1) is 39.4. The van der Waals surface area contributed by atoms with Crippen LogP contribution in [0.3, 0.4) is 0 Å². The summed E-state index contributed by atoms with van der Waals surface area (Å²) in [5, 5.41) is 6.72. The molecule has 2 N–H and O–H groups in total.